The van der Waals surface area contributed by atoms with E-state index in [0.717, 1.165) is 6.92 Å². The fourth-order valence-electron chi connectivity index (χ4n) is 1.20. The van der Waals surface area contributed by atoms with E-state index in [4.69, 9.17) is 0 Å². The minimum Gasteiger partial charge on any atom is -0.321 e. The minimum absolute atomic E-state index is 0.0923. The first-order chi connectivity index (χ1) is 8.20. The molecule has 0 heterocycles. The van der Waals surface area contributed by atoms with Gasteiger partial charge in [0.15, 0.2) is 0 Å². The van der Waals surface area contributed by atoms with Crippen LogP contribution >= 0.6 is 10.2 Å². The fraction of sp³-hybridized carbons (Fsp3) is 0.125. The van der Waals surface area contributed by atoms with Gasteiger partial charge in [-0.25, -0.2) is 0 Å². The van der Waals surface area contributed by atoms with E-state index in [1.165, 1.54) is 0 Å². The zero-order valence-corrected chi connectivity index (χ0v) is 10.0. The van der Waals surface area contributed by atoms with Crippen LogP contribution in [0, 0.1) is 10.1 Å². The summed E-state index contributed by atoms with van der Waals surface area (Å²) in [4.78, 5) is 17.8. The largest absolute Gasteiger partial charge is 0.321 e. The zero-order chi connectivity index (χ0) is 15.1. The van der Waals surface area contributed by atoms with E-state index < -0.39 is 37.3 Å². The number of benzene rings is 1. The van der Waals surface area contributed by atoms with E-state index in [9.17, 15) is 34.3 Å². The van der Waals surface area contributed by atoms with Crippen molar-refractivity contribution in [2.45, 2.75) is 11.8 Å². The number of nitro benzene ring substituents is 1. The van der Waals surface area contributed by atoms with Crippen LogP contribution in [-0.2, 0) is 4.79 Å². The highest BCUT2D eigenvalue weighted by atomic mass is 32.5. The average Bonchev–Trinajstić information content (AvgIpc) is 2.12. The number of rotatable bonds is 3. The topological polar surface area (TPSA) is 72.2 Å². The molecule has 19 heavy (non-hydrogen) atoms. The molecular weight excluding hydrogens is 299 g/mol. The Hall–Kier alpha value is -1.91. The first-order valence-corrected chi connectivity index (χ1v) is 6.46. The summed E-state index contributed by atoms with van der Waals surface area (Å²) in [6.45, 7) is 0.871. The first kappa shape index (κ1) is 15.1. The van der Waals surface area contributed by atoms with E-state index in [2.05, 4.69) is 0 Å². The summed E-state index contributed by atoms with van der Waals surface area (Å²) in [7, 11) is -9.96. The summed E-state index contributed by atoms with van der Waals surface area (Å²) in [6.07, 6.45) is 0. The third-order valence-corrected chi connectivity index (χ3v) is 3.07. The molecule has 0 spiro atoms. The van der Waals surface area contributed by atoms with Crippen LogP contribution in [0.4, 0.5) is 30.8 Å². The van der Waals surface area contributed by atoms with Gasteiger partial charge in [-0.2, -0.15) is 0 Å². The summed E-state index contributed by atoms with van der Waals surface area (Å²) >= 11 is 0. The van der Waals surface area contributed by atoms with Crippen molar-refractivity contribution in [2.75, 3.05) is 5.32 Å². The molecule has 0 saturated heterocycles. The lowest BCUT2D eigenvalue weighted by Crippen LogP contribution is -2.11. The van der Waals surface area contributed by atoms with Gasteiger partial charge >= 0.3 is 10.2 Å². The molecule has 0 saturated carbocycles. The van der Waals surface area contributed by atoms with Crippen LogP contribution in [0.2, 0.25) is 0 Å². The predicted molar refractivity (Wildman–Crippen MR) is 58.8 cm³/mol. The lowest BCUT2D eigenvalue weighted by molar-refractivity contribution is -0.384. The van der Waals surface area contributed by atoms with Crippen LogP contribution in [0.15, 0.2) is 23.1 Å². The van der Waals surface area contributed by atoms with Gasteiger partial charge in [-0.15, -0.1) is 0 Å². The van der Waals surface area contributed by atoms with E-state index in [0.29, 0.717) is 0 Å². The SMILES string of the molecule is CC(=O)Nc1cc(S(F)(F)(F)(F)F)ccc1[N+](=O)[O-]. The number of hydrogen-bond donors (Lipinski definition) is 1. The number of amides is 1. The molecule has 5 nitrogen and oxygen atoms in total. The second-order valence-electron chi connectivity index (χ2n) is 3.59. The van der Waals surface area contributed by atoms with Gasteiger partial charge in [0, 0.05) is 13.0 Å². The van der Waals surface area contributed by atoms with Crippen LogP contribution in [0.5, 0.6) is 0 Å². The minimum atomic E-state index is -9.96. The number of halogens is 5. The molecule has 0 fully saturated rings. The van der Waals surface area contributed by atoms with Crippen LogP contribution in [0.1, 0.15) is 6.92 Å². The van der Waals surface area contributed by atoms with Crippen molar-refractivity contribution in [2.24, 2.45) is 0 Å². The average molecular weight is 306 g/mol. The van der Waals surface area contributed by atoms with Gasteiger partial charge in [-0.1, -0.05) is 19.4 Å². The lowest BCUT2D eigenvalue weighted by Gasteiger charge is -2.40. The molecule has 0 bridgehead atoms. The maximum Gasteiger partial charge on any atom is 0.310 e. The van der Waals surface area contributed by atoms with Crippen molar-refractivity contribution in [1.29, 1.82) is 0 Å². The van der Waals surface area contributed by atoms with Gasteiger partial charge in [-0.3, -0.25) is 14.9 Å². The Morgan fingerprint density at radius 2 is 1.79 bits per heavy atom. The van der Waals surface area contributed by atoms with Gasteiger partial charge in [0.1, 0.15) is 10.6 Å². The molecule has 1 rings (SSSR count). The highest BCUT2D eigenvalue weighted by Gasteiger charge is 2.65. The Balaban J connectivity index is 3.52. The molecule has 0 unspecified atom stereocenters. The molecule has 0 atom stereocenters. The molecule has 0 aliphatic rings. The molecule has 1 amide bonds. The molecule has 108 valence electrons. The standard InChI is InChI=1S/C8H7F5N2O3S/c1-5(16)14-7-4-6(19(9,10,11,12)13)2-3-8(7)15(17)18/h2-4H,1H3,(H,14,16). The van der Waals surface area contributed by atoms with Gasteiger partial charge in [-0.05, 0) is 12.1 Å². The molecule has 1 aromatic rings. The Labute approximate surface area is 103 Å². The Morgan fingerprint density at radius 1 is 1.26 bits per heavy atom. The van der Waals surface area contributed by atoms with Gasteiger partial charge < -0.3 is 5.32 Å². The molecule has 0 radical (unpaired) electrons. The summed E-state index contributed by atoms with van der Waals surface area (Å²) < 4.78 is 62.6. The summed E-state index contributed by atoms with van der Waals surface area (Å²) in [6, 6.07) is 0.0185. The second kappa shape index (κ2) is 3.56. The van der Waals surface area contributed by atoms with Gasteiger partial charge in [0.25, 0.3) is 5.69 Å². The normalized spacial score (nSPS) is 15.3. The van der Waals surface area contributed by atoms with E-state index >= 15 is 0 Å². The van der Waals surface area contributed by atoms with Crippen LogP contribution in [-0.4, -0.2) is 10.8 Å². The highest BCUT2D eigenvalue weighted by molar-refractivity contribution is 8.45. The second-order valence-corrected chi connectivity index (χ2v) is 6.00. The number of carbonyl (C=O) groups is 1. The third kappa shape index (κ3) is 3.77. The molecule has 11 heteroatoms. The molecule has 0 aliphatic carbocycles. The van der Waals surface area contributed by atoms with E-state index in [1.807, 2.05) is 0 Å². The number of anilines is 1. The maximum absolute atomic E-state index is 12.5. The Kier molecular flexibility index (Phi) is 2.84. The predicted octanol–water partition coefficient (Wildman–Crippen LogP) is 4.21. The summed E-state index contributed by atoms with van der Waals surface area (Å²) in [5.41, 5.74) is -1.86. The first-order valence-electron chi connectivity index (χ1n) is 4.51. The Morgan fingerprint density at radius 3 is 2.16 bits per heavy atom. The van der Waals surface area contributed by atoms with Gasteiger partial charge in [0.2, 0.25) is 5.91 Å². The third-order valence-electron chi connectivity index (χ3n) is 1.92. The van der Waals surface area contributed by atoms with Crippen molar-refractivity contribution in [3.05, 3.63) is 28.3 Å². The van der Waals surface area contributed by atoms with Crippen molar-refractivity contribution >= 4 is 27.5 Å². The van der Waals surface area contributed by atoms with Crippen molar-refractivity contribution in [3.8, 4) is 0 Å². The van der Waals surface area contributed by atoms with Crippen molar-refractivity contribution in [3.63, 3.8) is 0 Å². The van der Waals surface area contributed by atoms with E-state index in [-0.39, 0.29) is 18.2 Å². The van der Waals surface area contributed by atoms with Gasteiger partial charge in [0.05, 0.1) is 4.92 Å². The summed E-state index contributed by atoms with van der Waals surface area (Å²) in [5.74, 6) is -0.928. The molecule has 1 aromatic carbocycles. The smallest absolute Gasteiger partial charge is 0.310 e. The zero-order valence-electron chi connectivity index (χ0n) is 9.20. The number of nitrogens with one attached hydrogen (secondary N) is 1. The monoisotopic (exact) mass is 306 g/mol. The molecule has 1 N–H and O–H groups in total. The molecule has 0 aromatic heterocycles. The van der Waals surface area contributed by atoms with Crippen molar-refractivity contribution < 1.29 is 29.1 Å². The quantitative estimate of drug-likeness (QED) is 0.516. The van der Waals surface area contributed by atoms with E-state index in [1.54, 1.807) is 5.32 Å². The number of carbonyl (C=O) groups excluding carboxylic acids is 1. The van der Waals surface area contributed by atoms with Crippen LogP contribution in [0.25, 0.3) is 0 Å². The molecule has 0 aliphatic heterocycles. The summed E-state index contributed by atoms with van der Waals surface area (Å²) in [5, 5.41) is 12.2. The van der Waals surface area contributed by atoms with Crippen LogP contribution < -0.4 is 5.32 Å². The Bertz CT molecular complexity index is 571. The molecular formula is C8H7F5N2O3S. The van der Waals surface area contributed by atoms with Crippen molar-refractivity contribution in [1.82, 2.24) is 0 Å². The maximum atomic E-state index is 12.5. The lowest BCUT2D eigenvalue weighted by atomic mass is 10.2. The fourth-order valence-corrected chi connectivity index (χ4v) is 1.87. The van der Waals surface area contributed by atoms with Crippen LogP contribution in [0.3, 0.4) is 0 Å². The number of hydrogen-bond acceptors (Lipinski definition) is 3. The number of nitro groups is 1. The number of nitrogens with zero attached hydrogens (tertiary/aromatic N) is 1. The highest BCUT2D eigenvalue weighted by Crippen LogP contribution is 3.02.